The quantitative estimate of drug-likeness (QED) is 0.634. The Morgan fingerprint density at radius 3 is 2.71 bits per heavy atom. The number of hydrogen-bond donors (Lipinski definition) is 2. The van der Waals surface area contributed by atoms with E-state index in [1.54, 1.807) is 6.92 Å². The first kappa shape index (κ1) is 14.9. The first-order chi connectivity index (χ1) is 10.1. The monoisotopic (exact) mass is 286 g/mol. The van der Waals surface area contributed by atoms with E-state index in [4.69, 9.17) is 0 Å². The van der Waals surface area contributed by atoms with Crippen LogP contribution in [0, 0.1) is 5.92 Å². The van der Waals surface area contributed by atoms with Gasteiger partial charge < -0.3 is 0 Å². The van der Waals surface area contributed by atoms with Crippen LogP contribution in [0.15, 0.2) is 40.5 Å². The molecule has 2 N–H and O–H groups in total. The van der Waals surface area contributed by atoms with Crippen LogP contribution in [0.25, 0.3) is 0 Å². The maximum atomic E-state index is 11.8. The molecule has 1 aromatic rings. The molecule has 2 rings (SSSR count). The Hall–Kier alpha value is -2.50. The highest BCUT2D eigenvalue weighted by molar-refractivity contribution is 6.07. The Balaban J connectivity index is 1.83. The lowest BCUT2D eigenvalue weighted by Gasteiger charge is -2.07. The summed E-state index contributed by atoms with van der Waals surface area (Å²) in [7, 11) is 0. The van der Waals surface area contributed by atoms with Gasteiger partial charge in [0.05, 0.1) is 11.6 Å². The molecule has 6 nitrogen and oxygen atoms in total. The third kappa shape index (κ3) is 3.98. The molecule has 2 amide bonds. The largest absolute Gasteiger partial charge is 0.273 e. The van der Waals surface area contributed by atoms with Gasteiger partial charge in [0, 0.05) is 12.1 Å². The zero-order valence-electron chi connectivity index (χ0n) is 12.1. The third-order valence-corrected chi connectivity index (χ3v) is 3.36. The summed E-state index contributed by atoms with van der Waals surface area (Å²) in [5.74, 6) is -0.669. The second kappa shape index (κ2) is 6.78. The van der Waals surface area contributed by atoms with Gasteiger partial charge in [0.2, 0.25) is 11.8 Å². The van der Waals surface area contributed by atoms with E-state index in [1.165, 1.54) is 0 Å². The second-order valence-electron chi connectivity index (χ2n) is 4.92. The van der Waals surface area contributed by atoms with Gasteiger partial charge in [0.25, 0.3) is 0 Å². The molecule has 0 unspecified atom stereocenters. The zero-order valence-corrected chi connectivity index (χ0v) is 12.1. The molecule has 0 bridgehead atoms. The molecular weight excluding hydrogens is 268 g/mol. The van der Waals surface area contributed by atoms with E-state index in [0.29, 0.717) is 6.42 Å². The molecule has 0 fully saturated rings. The highest BCUT2D eigenvalue weighted by atomic mass is 16.2. The van der Waals surface area contributed by atoms with Crippen molar-refractivity contribution in [2.75, 3.05) is 0 Å². The van der Waals surface area contributed by atoms with E-state index in [-0.39, 0.29) is 24.2 Å². The van der Waals surface area contributed by atoms with Crippen LogP contribution >= 0.6 is 0 Å². The Morgan fingerprint density at radius 2 is 2.10 bits per heavy atom. The van der Waals surface area contributed by atoms with Gasteiger partial charge in [-0.05, 0) is 25.8 Å². The van der Waals surface area contributed by atoms with Gasteiger partial charge in [0.15, 0.2) is 0 Å². The fourth-order valence-corrected chi connectivity index (χ4v) is 2.05. The van der Waals surface area contributed by atoms with Crippen molar-refractivity contribution in [2.45, 2.75) is 26.7 Å². The van der Waals surface area contributed by atoms with Crippen molar-refractivity contribution in [3.63, 3.8) is 0 Å². The van der Waals surface area contributed by atoms with Gasteiger partial charge >= 0.3 is 0 Å². The Labute approximate surface area is 123 Å². The Kier molecular flexibility index (Phi) is 4.81. The number of carbonyl (C=O) groups excluding carboxylic acids is 2. The number of amides is 2. The first-order valence-electron chi connectivity index (χ1n) is 6.80. The van der Waals surface area contributed by atoms with Crippen LogP contribution in [-0.2, 0) is 9.59 Å². The lowest BCUT2D eigenvalue weighted by molar-refractivity contribution is -0.123. The van der Waals surface area contributed by atoms with Crippen molar-refractivity contribution < 1.29 is 9.59 Å². The number of hydrazone groups is 2. The average molecular weight is 286 g/mol. The van der Waals surface area contributed by atoms with Crippen LogP contribution in [0.4, 0.5) is 0 Å². The van der Waals surface area contributed by atoms with Gasteiger partial charge in [-0.2, -0.15) is 10.2 Å². The number of nitrogens with zero attached hydrogens (tertiary/aromatic N) is 2. The number of carbonyl (C=O) groups is 2. The molecule has 0 aliphatic carbocycles. The Bertz CT molecular complexity index is 593. The number of nitrogens with one attached hydrogen (secondary N) is 2. The molecule has 6 heteroatoms. The SMILES string of the molecule is CC1=NNC(=O)[C@H]1CCC(=O)N/N=C(/C)c1ccccc1. The summed E-state index contributed by atoms with van der Waals surface area (Å²) in [4.78, 5) is 23.2. The van der Waals surface area contributed by atoms with Crippen molar-refractivity contribution in [1.29, 1.82) is 0 Å². The average Bonchev–Trinajstić information content (AvgIpc) is 2.82. The zero-order chi connectivity index (χ0) is 15.2. The molecule has 0 radical (unpaired) electrons. The van der Waals surface area contributed by atoms with Crippen molar-refractivity contribution in [3.8, 4) is 0 Å². The van der Waals surface area contributed by atoms with Crippen LogP contribution in [0.5, 0.6) is 0 Å². The smallest absolute Gasteiger partial charge is 0.248 e. The lowest BCUT2D eigenvalue weighted by Crippen LogP contribution is -2.25. The normalized spacial score (nSPS) is 18.2. The molecule has 0 spiro atoms. The summed E-state index contributed by atoms with van der Waals surface area (Å²) in [5, 5.41) is 7.91. The molecule has 1 heterocycles. The fraction of sp³-hybridized carbons (Fsp3) is 0.333. The minimum absolute atomic E-state index is 0.149. The number of benzene rings is 1. The van der Waals surface area contributed by atoms with Crippen LogP contribution in [0.3, 0.4) is 0 Å². The highest BCUT2D eigenvalue weighted by Crippen LogP contribution is 2.13. The molecule has 1 atom stereocenters. The molecule has 0 aromatic heterocycles. The van der Waals surface area contributed by atoms with Gasteiger partial charge in [0.1, 0.15) is 0 Å². The van der Waals surface area contributed by atoms with E-state index in [0.717, 1.165) is 17.0 Å². The third-order valence-electron chi connectivity index (χ3n) is 3.36. The predicted octanol–water partition coefficient (Wildman–Crippen LogP) is 1.43. The molecule has 21 heavy (non-hydrogen) atoms. The summed E-state index contributed by atoms with van der Waals surface area (Å²) in [6.45, 7) is 3.61. The van der Waals surface area contributed by atoms with E-state index in [1.807, 2.05) is 37.3 Å². The van der Waals surface area contributed by atoms with Gasteiger partial charge in [-0.15, -0.1) is 0 Å². The minimum Gasteiger partial charge on any atom is -0.273 e. The summed E-state index contributed by atoms with van der Waals surface area (Å²) in [6, 6.07) is 9.60. The lowest BCUT2D eigenvalue weighted by atomic mass is 9.99. The Morgan fingerprint density at radius 1 is 1.38 bits per heavy atom. The fourth-order valence-electron chi connectivity index (χ4n) is 2.05. The van der Waals surface area contributed by atoms with E-state index >= 15 is 0 Å². The summed E-state index contributed by atoms with van der Waals surface area (Å²) in [6.07, 6.45) is 0.670. The topological polar surface area (TPSA) is 82.9 Å². The molecule has 1 aromatic carbocycles. The van der Waals surface area contributed by atoms with Gasteiger partial charge in [-0.25, -0.2) is 10.9 Å². The van der Waals surface area contributed by atoms with Crippen LogP contribution in [0.1, 0.15) is 32.3 Å². The van der Waals surface area contributed by atoms with Crippen molar-refractivity contribution in [3.05, 3.63) is 35.9 Å². The van der Waals surface area contributed by atoms with Crippen molar-refractivity contribution in [1.82, 2.24) is 10.9 Å². The second-order valence-corrected chi connectivity index (χ2v) is 4.92. The predicted molar refractivity (Wildman–Crippen MR) is 80.8 cm³/mol. The molecule has 0 saturated carbocycles. The summed E-state index contributed by atoms with van der Waals surface area (Å²) < 4.78 is 0. The molecule has 110 valence electrons. The van der Waals surface area contributed by atoms with Crippen molar-refractivity contribution in [2.24, 2.45) is 16.1 Å². The molecule has 0 saturated heterocycles. The van der Waals surface area contributed by atoms with Gasteiger partial charge in [-0.3, -0.25) is 9.59 Å². The summed E-state index contributed by atoms with van der Waals surface area (Å²) >= 11 is 0. The maximum absolute atomic E-state index is 11.8. The highest BCUT2D eigenvalue weighted by Gasteiger charge is 2.26. The summed E-state index contributed by atoms with van der Waals surface area (Å²) in [5.41, 5.74) is 7.33. The van der Waals surface area contributed by atoms with Crippen LogP contribution in [0.2, 0.25) is 0 Å². The molecule has 1 aliphatic rings. The standard InChI is InChI=1S/C15H18N4O2/c1-10(12-6-4-3-5-7-12)16-18-14(20)9-8-13-11(2)17-19-15(13)21/h3-7,13H,8-9H2,1-2H3,(H,18,20)(H,19,21)/b16-10-/t13-/m0/s1. The van der Waals surface area contributed by atoms with Crippen molar-refractivity contribution >= 4 is 23.2 Å². The van der Waals surface area contributed by atoms with Gasteiger partial charge in [-0.1, -0.05) is 30.3 Å². The van der Waals surface area contributed by atoms with E-state index in [9.17, 15) is 9.59 Å². The number of hydrogen-bond acceptors (Lipinski definition) is 4. The minimum atomic E-state index is -0.310. The van der Waals surface area contributed by atoms with Crippen LogP contribution in [-0.4, -0.2) is 23.2 Å². The van der Waals surface area contributed by atoms with E-state index < -0.39 is 0 Å². The molecular formula is C15H18N4O2. The van der Waals surface area contributed by atoms with Crippen LogP contribution < -0.4 is 10.9 Å². The maximum Gasteiger partial charge on any atom is 0.248 e. The first-order valence-corrected chi connectivity index (χ1v) is 6.80. The number of rotatable bonds is 5. The van der Waals surface area contributed by atoms with E-state index in [2.05, 4.69) is 21.1 Å². The molecule has 1 aliphatic heterocycles.